The van der Waals surface area contributed by atoms with Crippen molar-refractivity contribution in [1.82, 2.24) is 14.5 Å². The molecule has 0 amide bonds. The number of para-hydroxylation sites is 2. The van der Waals surface area contributed by atoms with Gasteiger partial charge in [-0.2, -0.15) is 0 Å². The van der Waals surface area contributed by atoms with Crippen molar-refractivity contribution in [3.63, 3.8) is 0 Å². The lowest BCUT2D eigenvalue weighted by atomic mass is 9.95. The molecule has 0 spiro atoms. The highest BCUT2D eigenvalue weighted by atomic mass is 15.0. The van der Waals surface area contributed by atoms with Crippen LogP contribution in [0.2, 0.25) is 0 Å². The zero-order valence-electron chi connectivity index (χ0n) is 33.2. The molecule has 0 saturated heterocycles. The van der Waals surface area contributed by atoms with E-state index in [9.17, 15) is 0 Å². The van der Waals surface area contributed by atoms with Crippen LogP contribution in [0.3, 0.4) is 0 Å². The van der Waals surface area contributed by atoms with Crippen molar-refractivity contribution >= 4 is 54.4 Å². The third-order valence-corrected chi connectivity index (χ3v) is 12.3. The number of hydrogen-bond acceptors (Lipinski definition) is 2. The van der Waals surface area contributed by atoms with E-state index in [1.807, 2.05) is 6.20 Å². The van der Waals surface area contributed by atoms with Crippen molar-refractivity contribution in [2.45, 2.75) is 0 Å². The molecule has 0 N–H and O–H groups in total. The van der Waals surface area contributed by atoms with Gasteiger partial charge in [0.15, 0.2) is 0 Å². The third-order valence-electron chi connectivity index (χ3n) is 12.3. The Bertz CT molecular complexity index is 3570. The van der Waals surface area contributed by atoms with Crippen LogP contribution < -0.4 is 0 Å². The first-order chi connectivity index (χ1) is 30.2. The highest BCUT2D eigenvalue weighted by Gasteiger charge is 2.15. The van der Waals surface area contributed by atoms with Gasteiger partial charge in [-0.1, -0.05) is 182 Å². The fourth-order valence-corrected chi connectivity index (χ4v) is 9.19. The Kier molecular flexibility index (Phi) is 8.17. The van der Waals surface area contributed by atoms with Crippen LogP contribution in [0.25, 0.3) is 116 Å². The van der Waals surface area contributed by atoms with Gasteiger partial charge in [0.05, 0.1) is 34.0 Å². The van der Waals surface area contributed by atoms with E-state index in [0.717, 1.165) is 38.6 Å². The van der Waals surface area contributed by atoms with Crippen LogP contribution in [-0.2, 0) is 0 Å². The molecule has 0 radical (unpaired) electrons. The number of fused-ring (bicyclic) bond motifs is 9. The Labute approximate surface area is 353 Å². The van der Waals surface area contributed by atoms with Crippen molar-refractivity contribution in [2.24, 2.45) is 0 Å². The average molecular weight is 776 g/mol. The molecule has 3 heteroatoms. The van der Waals surface area contributed by atoms with Gasteiger partial charge in [0.2, 0.25) is 0 Å². The molecule has 0 unspecified atom stereocenters. The van der Waals surface area contributed by atoms with Gasteiger partial charge in [-0.05, 0) is 91.7 Å². The van der Waals surface area contributed by atoms with Crippen molar-refractivity contribution in [1.29, 1.82) is 0 Å². The largest absolute Gasteiger partial charge is 0.309 e. The van der Waals surface area contributed by atoms with Gasteiger partial charge in [-0.15, -0.1) is 0 Å². The highest BCUT2D eigenvalue weighted by Crippen LogP contribution is 2.37. The van der Waals surface area contributed by atoms with Gasteiger partial charge in [0.1, 0.15) is 0 Å². The zero-order chi connectivity index (χ0) is 40.3. The highest BCUT2D eigenvalue weighted by molar-refractivity contribution is 6.23. The van der Waals surface area contributed by atoms with Gasteiger partial charge in [0, 0.05) is 32.8 Å². The topological polar surface area (TPSA) is 30.7 Å². The molecule has 0 aliphatic heterocycles. The first-order valence-corrected chi connectivity index (χ1v) is 20.8. The molecule has 0 saturated carbocycles. The zero-order valence-corrected chi connectivity index (χ0v) is 33.2. The molecule has 3 nitrogen and oxygen atoms in total. The van der Waals surface area contributed by atoms with Crippen LogP contribution in [0.1, 0.15) is 0 Å². The summed E-state index contributed by atoms with van der Waals surface area (Å²) in [4.78, 5) is 10.2. The summed E-state index contributed by atoms with van der Waals surface area (Å²) in [5.41, 5.74) is 16.9. The van der Waals surface area contributed by atoms with Gasteiger partial charge in [-0.3, -0.25) is 4.98 Å². The van der Waals surface area contributed by atoms with Crippen LogP contribution in [-0.4, -0.2) is 14.5 Å². The normalized spacial score (nSPS) is 11.6. The Morgan fingerprint density at radius 3 is 1.33 bits per heavy atom. The van der Waals surface area contributed by atoms with E-state index in [0.29, 0.717) is 0 Å². The predicted molar refractivity (Wildman–Crippen MR) is 256 cm³/mol. The van der Waals surface area contributed by atoms with Gasteiger partial charge in [-0.25, -0.2) is 4.98 Å². The average Bonchev–Trinajstić information content (AvgIpc) is 3.68. The van der Waals surface area contributed by atoms with Gasteiger partial charge in [0.25, 0.3) is 0 Å². The minimum Gasteiger partial charge on any atom is -0.309 e. The van der Waals surface area contributed by atoms with E-state index in [1.165, 1.54) is 77.2 Å². The minimum atomic E-state index is 0.868. The Morgan fingerprint density at radius 2 is 0.721 bits per heavy atom. The molecular weight excluding hydrogens is 739 g/mol. The summed E-state index contributed by atoms with van der Waals surface area (Å²) in [5.74, 6) is 0. The first-order valence-electron chi connectivity index (χ1n) is 20.8. The van der Waals surface area contributed by atoms with Crippen molar-refractivity contribution in [2.75, 3.05) is 0 Å². The molecule has 12 aromatic rings. The lowest BCUT2D eigenvalue weighted by Crippen LogP contribution is -1.92. The SMILES string of the molecule is c1ccc(-n2c3ccccc3c3cc(-c4ccc(-c5ccc(-c6cccc(-c7ccc(-c8cnc9c%10ccccc%10c%10ccccc%10c9n8)cc7)c6)cc5)cc4)ccc32)cc1. The van der Waals surface area contributed by atoms with Gasteiger partial charge < -0.3 is 4.57 Å². The molecule has 2 aromatic heterocycles. The fourth-order valence-electron chi connectivity index (χ4n) is 9.19. The van der Waals surface area contributed by atoms with Gasteiger partial charge >= 0.3 is 0 Å². The standard InChI is InChI=1S/C58H37N3/c1-2-13-47(14-3-1)61-55-20-9-8-17-50(55)53-36-46(33-34-56(53)61)42-27-23-39(24-28-42)38-21-25-40(26-22-38)44-11-10-12-45(35-44)41-29-31-43(32-30-41)54-37-59-57-51-18-6-4-15-48(51)49-16-5-7-19-52(49)58(57)60-54/h1-37H. The molecular formula is C58H37N3. The number of rotatable bonds is 6. The third kappa shape index (κ3) is 5.98. The fraction of sp³-hybridized carbons (Fsp3) is 0. The van der Waals surface area contributed by atoms with Crippen LogP contribution in [0.4, 0.5) is 0 Å². The van der Waals surface area contributed by atoms with E-state index in [4.69, 9.17) is 9.97 Å². The lowest BCUT2D eigenvalue weighted by Gasteiger charge is -2.11. The molecule has 0 atom stereocenters. The molecule has 12 rings (SSSR count). The van der Waals surface area contributed by atoms with E-state index in [-0.39, 0.29) is 0 Å². The minimum absolute atomic E-state index is 0.868. The number of aromatic nitrogens is 3. The predicted octanol–water partition coefficient (Wildman–Crippen LogP) is 15.4. The molecule has 0 bridgehead atoms. The van der Waals surface area contributed by atoms with Crippen LogP contribution in [0.5, 0.6) is 0 Å². The Balaban J connectivity index is 0.792. The summed E-state index contributed by atoms with van der Waals surface area (Å²) >= 11 is 0. The number of nitrogens with zero attached hydrogens (tertiary/aromatic N) is 3. The molecule has 284 valence electrons. The number of hydrogen-bond donors (Lipinski definition) is 0. The summed E-state index contributed by atoms with van der Waals surface area (Å²) in [5, 5.41) is 7.18. The van der Waals surface area contributed by atoms with Crippen LogP contribution >= 0.6 is 0 Å². The maximum atomic E-state index is 5.19. The summed E-state index contributed by atoms with van der Waals surface area (Å²) < 4.78 is 2.36. The Hall–Kier alpha value is -8.14. The maximum absolute atomic E-state index is 5.19. The summed E-state index contributed by atoms with van der Waals surface area (Å²) in [7, 11) is 0. The molecule has 61 heavy (non-hydrogen) atoms. The second-order valence-electron chi connectivity index (χ2n) is 15.8. The lowest BCUT2D eigenvalue weighted by molar-refractivity contribution is 1.18. The summed E-state index contributed by atoms with van der Waals surface area (Å²) in [6, 6.07) is 78.5. The molecule has 0 fully saturated rings. The first kappa shape index (κ1) is 34.9. The number of benzene rings is 10. The second kappa shape index (κ2) is 14.3. The van der Waals surface area contributed by atoms with E-state index in [1.54, 1.807) is 0 Å². The monoisotopic (exact) mass is 775 g/mol. The van der Waals surface area contributed by atoms with Crippen LogP contribution in [0.15, 0.2) is 225 Å². The summed E-state index contributed by atoms with van der Waals surface area (Å²) in [6.45, 7) is 0. The molecule has 0 aliphatic carbocycles. The summed E-state index contributed by atoms with van der Waals surface area (Å²) in [6.07, 6.45) is 1.91. The second-order valence-corrected chi connectivity index (χ2v) is 15.8. The molecule has 10 aromatic carbocycles. The van der Waals surface area contributed by atoms with E-state index in [2.05, 4.69) is 223 Å². The quantitative estimate of drug-likeness (QED) is 0.158. The van der Waals surface area contributed by atoms with Crippen molar-refractivity contribution in [3.05, 3.63) is 225 Å². The maximum Gasteiger partial charge on any atom is 0.0979 e. The Morgan fingerprint density at radius 1 is 0.279 bits per heavy atom. The van der Waals surface area contributed by atoms with E-state index >= 15 is 0 Å². The van der Waals surface area contributed by atoms with Crippen molar-refractivity contribution in [3.8, 4) is 61.5 Å². The molecule has 0 aliphatic rings. The smallest absolute Gasteiger partial charge is 0.0979 e. The van der Waals surface area contributed by atoms with Crippen molar-refractivity contribution < 1.29 is 0 Å². The molecule has 2 heterocycles. The van der Waals surface area contributed by atoms with Crippen LogP contribution in [0, 0.1) is 0 Å². The van der Waals surface area contributed by atoms with E-state index < -0.39 is 0 Å².